The number of carboxylic acids is 1. The first-order valence-corrected chi connectivity index (χ1v) is 3.95. The summed E-state index contributed by atoms with van der Waals surface area (Å²) in [6.45, 7) is 3.37. The molecular formula is C8H15NO4. The molecule has 13 heavy (non-hydrogen) atoms. The summed E-state index contributed by atoms with van der Waals surface area (Å²) in [5, 5.41) is 11.4. The summed E-state index contributed by atoms with van der Waals surface area (Å²) in [5.41, 5.74) is -1.01. The topological polar surface area (TPSA) is 75.6 Å². The average molecular weight is 189 g/mol. The van der Waals surface area contributed by atoms with E-state index < -0.39 is 11.5 Å². The van der Waals surface area contributed by atoms with E-state index in [9.17, 15) is 9.59 Å². The van der Waals surface area contributed by atoms with Crippen LogP contribution in [0.2, 0.25) is 0 Å². The molecule has 0 bridgehead atoms. The third-order valence-corrected chi connectivity index (χ3v) is 1.66. The van der Waals surface area contributed by atoms with Crippen LogP contribution in [-0.4, -0.2) is 36.2 Å². The van der Waals surface area contributed by atoms with E-state index in [0.29, 0.717) is 6.54 Å². The van der Waals surface area contributed by atoms with Crippen LogP contribution in [0.3, 0.4) is 0 Å². The quantitative estimate of drug-likeness (QED) is 0.595. The molecule has 0 atom stereocenters. The van der Waals surface area contributed by atoms with Gasteiger partial charge in [-0.05, 0) is 13.8 Å². The third-order valence-electron chi connectivity index (χ3n) is 1.66. The molecule has 2 N–H and O–H groups in total. The number of carboxylic acid groups (broad SMARTS) is 1. The van der Waals surface area contributed by atoms with Gasteiger partial charge in [0.2, 0.25) is 0 Å². The fourth-order valence-corrected chi connectivity index (χ4v) is 0.655. The molecule has 0 aliphatic carbocycles. The van der Waals surface area contributed by atoms with E-state index in [-0.39, 0.29) is 12.4 Å². The smallest absolute Gasteiger partial charge is 0.323 e. The van der Waals surface area contributed by atoms with Crippen molar-refractivity contribution >= 4 is 11.9 Å². The molecule has 0 amide bonds. The van der Waals surface area contributed by atoms with Gasteiger partial charge in [0.1, 0.15) is 5.54 Å². The molecule has 0 radical (unpaired) electrons. The van der Waals surface area contributed by atoms with E-state index in [4.69, 9.17) is 5.11 Å². The number of aliphatic carboxylic acids is 1. The summed E-state index contributed by atoms with van der Waals surface area (Å²) in [7, 11) is 1.30. The van der Waals surface area contributed by atoms with E-state index in [0.717, 1.165) is 0 Å². The monoisotopic (exact) mass is 189 g/mol. The highest BCUT2D eigenvalue weighted by molar-refractivity contribution is 5.77. The first-order valence-electron chi connectivity index (χ1n) is 3.95. The number of hydrogen-bond donors (Lipinski definition) is 2. The number of nitrogens with one attached hydrogen (secondary N) is 1. The molecule has 0 aromatic heterocycles. The minimum Gasteiger partial charge on any atom is -0.480 e. The highest BCUT2D eigenvalue weighted by atomic mass is 16.5. The molecule has 0 saturated carbocycles. The summed E-state index contributed by atoms with van der Waals surface area (Å²) in [4.78, 5) is 21.2. The van der Waals surface area contributed by atoms with E-state index in [1.54, 1.807) is 0 Å². The fourth-order valence-electron chi connectivity index (χ4n) is 0.655. The summed E-state index contributed by atoms with van der Waals surface area (Å²) in [5.74, 6) is -1.30. The van der Waals surface area contributed by atoms with Gasteiger partial charge in [-0.2, -0.15) is 0 Å². The normalized spacial score (nSPS) is 11.0. The molecule has 0 aromatic carbocycles. The molecule has 0 aliphatic heterocycles. The molecule has 0 aliphatic rings. The van der Waals surface area contributed by atoms with Crippen LogP contribution in [0, 0.1) is 0 Å². The zero-order chi connectivity index (χ0) is 10.5. The Labute approximate surface area is 77.1 Å². The first-order chi connectivity index (χ1) is 5.90. The molecule has 0 spiro atoms. The number of carbonyl (C=O) groups excluding carboxylic acids is 1. The van der Waals surface area contributed by atoms with Gasteiger partial charge in [0.15, 0.2) is 0 Å². The van der Waals surface area contributed by atoms with Crippen molar-refractivity contribution in [3.8, 4) is 0 Å². The lowest BCUT2D eigenvalue weighted by atomic mass is 10.1. The van der Waals surface area contributed by atoms with Crippen molar-refractivity contribution in [3.63, 3.8) is 0 Å². The standard InChI is InChI=1S/C8H15NO4/c1-8(2,7(11)12)9-5-4-6(10)13-3/h9H,4-5H2,1-3H3,(H,11,12). The van der Waals surface area contributed by atoms with Crippen LogP contribution in [0.15, 0.2) is 0 Å². The molecule has 76 valence electrons. The molecule has 0 aromatic rings. The number of rotatable bonds is 5. The second kappa shape index (κ2) is 4.81. The fraction of sp³-hybridized carbons (Fsp3) is 0.750. The lowest BCUT2D eigenvalue weighted by molar-refractivity contribution is -0.144. The maximum atomic E-state index is 10.7. The van der Waals surface area contributed by atoms with Crippen molar-refractivity contribution in [1.29, 1.82) is 0 Å². The van der Waals surface area contributed by atoms with Gasteiger partial charge >= 0.3 is 11.9 Å². The Bertz CT molecular complexity index is 200. The Morgan fingerprint density at radius 1 is 1.46 bits per heavy atom. The maximum absolute atomic E-state index is 10.7. The Balaban J connectivity index is 3.76. The highest BCUT2D eigenvalue weighted by Gasteiger charge is 2.25. The first kappa shape index (κ1) is 11.9. The van der Waals surface area contributed by atoms with E-state index >= 15 is 0 Å². The Morgan fingerprint density at radius 3 is 2.38 bits per heavy atom. The minimum atomic E-state index is -1.01. The van der Waals surface area contributed by atoms with Crippen molar-refractivity contribution in [3.05, 3.63) is 0 Å². The van der Waals surface area contributed by atoms with Crippen LogP contribution >= 0.6 is 0 Å². The Hall–Kier alpha value is -1.10. The van der Waals surface area contributed by atoms with Crippen molar-refractivity contribution in [2.75, 3.05) is 13.7 Å². The number of ether oxygens (including phenoxy) is 1. The lowest BCUT2D eigenvalue weighted by Gasteiger charge is -2.20. The van der Waals surface area contributed by atoms with Gasteiger partial charge in [0, 0.05) is 6.54 Å². The molecular weight excluding hydrogens is 174 g/mol. The molecule has 0 unspecified atom stereocenters. The van der Waals surface area contributed by atoms with Gasteiger partial charge in [-0.25, -0.2) is 0 Å². The molecule has 0 heterocycles. The van der Waals surface area contributed by atoms with Gasteiger partial charge in [0.05, 0.1) is 13.5 Å². The molecule has 5 heteroatoms. The van der Waals surface area contributed by atoms with Gasteiger partial charge in [0.25, 0.3) is 0 Å². The second-order valence-electron chi connectivity index (χ2n) is 3.18. The predicted octanol–water partition coefficient (Wildman–Crippen LogP) is 0.00230. The lowest BCUT2D eigenvalue weighted by Crippen LogP contribution is -2.47. The highest BCUT2D eigenvalue weighted by Crippen LogP contribution is 2.01. The van der Waals surface area contributed by atoms with Crippen LogP contribution in [0.4, 0.5) is 0 Å². The maximum Gasteiger partial charge on any atom is 0.323 e. The molecule has 0 saturated heterocycles. The largest absolute Gasteiger partial charge is 0.480 e. The van der Waals surface area contributed by atoms with Crippen molar-refractivity contribution in [2.45, 2.75) is 25.8 Å². The number of esters is 1. The second-order valence-corrected chi connectivity index (χ2v) is 3.18. The van der Waals surface area contributed by atoms with Crippen molar-refractivity contribution in [2.24, 2.45) is 0 Å². The minimum absolute atomic E-state index is 0.174. The van der Waals surface area contributed by atoms with Gasteiger partial charge < -0.3 is 15.2 Å². The zero-order valence-electron chi connectivity index (χ0n) is 8.09. The van der Waals surface area contributed by atoms with Gasteiger partial charge in [-0.3, -0.25) is 9.59 Å². The van der Waals surface area contributed by atoms with Crippen LogP contribution in [-0.2, 0) is 14.3 Å². The Kier molecular flexibility index (Phi) is 4.40. The SMILES string of the molecule is COC(=O)CCNC(C)(C)C(=O)O. The molecule has 0 rings (SSSR count). The number of hydrogen-bond acceptors (Lipinski definition) is 4. The van der Waals surface area contributed by atoms with Crippen LogP contribution in [0.1, 0.15) is 20.3 Å². The molecule has 5 nitrogen and oxygen atoms in total. The predicted molar refractivity (Wildman–Crippen MR) is 46.4 cm³/mol. The van der Waals surface area contributed by atoms with Gasteiger partial charge in [-0.1, -0.05) is 0 Å². The van der Waals surface area contributed by atoms with E-state index in [2.05, 4.69) is 10.1 Å². The summed E-state index contributed by atoms with van der Waals surface area (Å²) < 4.78 is 4.40. The Morgan fingerprint density at radius 2 is 2.00 bits per heavy atom. The van der Waals surface area contributed by atoms with Crippen molar-refractivity contribution in [1.82, 2.24) is 5.32 Å². The number of carbonyl (C=O) groups is 2. The van der Waals surface area contributed by atoms with Crippen LogP contribution < -0.4 is 5.32 Å². The summed E-state index contributed by atoms with van der Waals surface area (Å²) in [6.07, 6.45) is 0.174. The summed E-state index contributed by atoms with van der Waals surface area (Å²) >= 11 is 0. The molecule has 0 fully saturated rings. The van der Waals surface area contributed by atoms with Crippen molar-refractivity contribution < 1.29 is 19.4 Å². The van der Waals surface area contributed by atoms with Gasteiger partial charge in [-0.15, -0.1) is 0 Å². The number of methoxy groups -OCH3 is 1. The third kappa shape index (κ3) is 4.47. The van der Waals surface area contributed by atoms with Crippen LogP contribution in [0.5, 0.6) is 0 Å². The average Bonchev–Trinajstić information content (AvgIpc) is 2.03. The van der Waals surface area contributed by atoms with E-state index in [1.165, 1.54) is 21.0 Å². The zero-order valence-corrected chi connectivity index (χ0v) is 8.09. The van der Waals surface area contributed by atoms with Crippen LogP contribution in [0.25, 0.3) is 0 Å². The van der Waals surface area contributed by atoms with E-state index in [1.807, 2.05) is 0 Å². The summed E-state index contributed by atoms with van der Waals surface area (Å²) in [6, 6.07) is 0.